The van der Waals surface area contributed by atoms with Gasteiger partial charge in [-0.25, -0.2) is 0 Å². The van der Waals surface area contributed by atoms with Crippen LogP contribution in [0.3, 0.4) is 0 Å². The van der Waals surface area contributed by atoms with Crippen LogP contribution in [0.5, 0.6) is 0 Å². The van der Waals surface area contributed by atoms with Gasteiger partial charge in [0.1, 0.15) is 0 Å². The molecule has 14 heavy (non-hydrogen) atoms. The Morgan fingerprint density at radius 1 is 1.14 bits per heavy atom. The van der Waals surface area contributed by atoms with Crippen molar-refractivity contribution in [3.8, 4) is 0 Å². The highest BCUT2D eigenvalue weighted by Crippen LogP contribution is 2.21. The fourth-order valence-corrected chi connectivity index (χ4v) is 2.03. The molecule has 1 aliphatic rings. The van der Waals surface area contributed by atoms with Crippen molar-refractivity contribution in [3.63, 3.8) is 0 Å². The van der Waals surface area contributed by atoms with Crippen LogP contribution in [0.4, 0.5) is 5.69 Å². The summed E-state index contributed by atoms with van der Waals surface area (Å²) in [5.41, 5.74) is 1.11. The highest BCUT2D eigenvalue weighted by Gasteiger charge is 2.22. The minimum atomic E-state index is -0.177. The summed E-state index contributed by atoms with van der Waals surface area (Å²) in [6, 6.07) is 10.4. The first-order chi connectivity index (χ1) is 6.86. The maximum atomic E-state index is 9.77. The normalized spacial score (nSPS) is 27.2. The van der Waals surface area contributed by atoms with Crippen molar-refractivity contribution < 1.29 is 6.53 Å². The van der Waals surface area contributed by atoms with Crippen LogP contribution in [0.25, 0.3) is 0 Å². The molecule has 0 saturated heterocycles. The van der Waals surface area contributed by atoms with Gasteiger partial charge in [0.25, 0.3) is 0 Å². The maximum absolute atomic E-state index is 9.77. The monoisotopic (exact) mass is 193 g/mol. The number of aliphatic hydroxyl groups is 1. The standard InChI is InChI=1S/C12H17NO.H2/c14-12-9-5-4-8-11(12)13-10-6-2-1-3-7-10;/h1-3,6-7,11-14H,4-5,8-9H2;1H. The lowest BCUT2D eigenvalue weighted by atomic mass is 9.92. The minimum absolute atomic E-state index is 0. The van der Waals surface area contributed by atoms with Gasteiger partial charge in [0, 0.05) is 7.11 Å². The van der Waals surface area contributed by atoms with Gasteiger partial charge in [-0.1, -0.05) is 31.0 Å². The first-order valence-electron chi connectivity index (χ1n) is 5.36. The van der Waals surface area contributed by atoms with Gasteiger partial charge in [-0.15, -0.1) is 0 Å². The Morgan fingerprint density at radius 2 is 1.86 bits per heavy atom. The van der Waals surface area contributed by atoms with Gasteiger partial charge in [-0.2, -0.15) is 0 Å². The largest absolute Gasteiger partial charge is 0.391 e. The Hall–Kier alpha value is -1.02. The van der Waals surface area contributed by atoms with Crippen molar-refractivity contribution in [2.24, 2.45) is 0 Å². The second-order valence-electron chi connectivity index (χ2n) is 3.97. The Bertz CT molecular complexity index is 278. The molecule has 0 spiro atoms. The number of rotatable bonds is 2. The molecule has 0 aliphatic heterocycles. The van der Waals surface area contributed by atoms with E-state index in [1.54, 1.807) is 0 Å². The molecule has 0 heterocycles. The summed E-state index contributed by atoms with van der Waals surface area (Å²) < 4.78 is 0. The third-order valence-corrected chi connectivity index (χ3v) is 2.86. The predicted octanol–water partition coefficient (Wildman–Crippen LogP) is 2.65. The molecule has 1 aromatic rings. The molecule has 1 fully saturated rings. The van der Waals surface area contributed by atoms with Gasteiger partial charge < -0.3 is 10.4 Å². The van der Waals surface area contributed by atoms with Crippen molar-refractivity contribution in [2.45, 2.75) is 37.8 Å². The summed E-state index contributed by atoms with van der Waals surface area (Å²) in [5.74, 6) is 0. The van der Waals surface area contributed by atoms with Crippen molar-refractivity contribution in [1.82, 2.24) is 0 Å². The molecule has 1 aliphatic carbocycles. The van der Waals surface area contributed by atoms with E-state index < -0.39 is 0 Å². The van der Waals surface area contributed by atoms with Gasteiger partial charge in [0.2, 0.25) is 0 Å². The van der Waals surface area contributed by atoms with E-state index in [0.29, 0.717) is 0 Å². The van der Waals surface area contributed by atoms with Crippen molar-refractivity contribution in [2.75, 3.05) is 5.32 Å². The molecule has 2 N–H and O–H groups in total. The number of nitrogens with one attached hydrogen (secondary N) is 1. The lowest BCUT2D eigenvalue weighted by Crippen LogP contribution is -2.36. The lowest BCUT2D eigenvalue weighted by Gasteiger charge is -2.29. The molecule has 0 aromatic heterocycles. The molecule has 78 valence electrons. The summed E-state index contributed by atoms with van der Waals surface area (Å²) in [6.45, 7) is 0. The van der Waals surface area contributed by atoms with E-state index in [2.05, 4.69) is 5.32 Å². The van der Waals surface area contributed by atoms with Crippen LogP contribution >= 0.6 is 0 Å². The molecule has 0 amide bonds. The van der Waals surface area contributed by atoms with Crippen molar-refractivity contribution >= 4 is 5.69 Å². The molecule has 0 radical (unpaired) electrons. The van der Waals surface area contributed by atoms with Crippen molar-refractivity contribution in [3.05, 3.63) is 30.3 Å². The quantitative estimate of drug-likeness (QED) is 0.756. The maximum Gasteiger partial charge on any atom is 0.0741 e. The highest BCUT2D eigenvalue weighted by atomic mass is 16.3. The summed E-state index contributed by atoms with van der Waals surface area (Å²) >= 11 is 0. The number of para-hydroxylation sites is 1. The summed E-state index contributed by atoms with van der Waals surface area (Å²) in [6.07, 6.45) is 4.22. The third kappa shape index (κ3) is 2.26. The van der Waals surface area contributed by atoms with Crippen LogP contribution in [0, 0.1) is 0 Å². The van der Waals surface area contributed by atoms with Gasteiger partial charge in [-0.05, 0) is 25.0 Å². The van der Waals surface area contributed by atoms with E-state index in [1.165, 1.54) is 6.42 Å². The minimum Gasteiger partial charge on any atom is -0.391 e. The molecule has 2 heteroatoms. The Kier molecular flexibility index (Phi) is 3.04. The van der Waals surface area contributed by atoms with E-state index in [-0.39, 0.29) is 13.6 Å². The van der Waals surface area contributed by atoms with Crippen LogP contribution in [-0.4, -0.2) is 17.3 Å². The van der Waals surface area contributed by atoms with Gasteiger partial charge in [0.15, 0.2) is 0 Å². The average molecular weight is 193 g/mol. The molecule has 2 rings (SSSR count). The smallest absolute Gasteiger partial charge is 0.0741 e. The third-order valence-electron chi connectivity index (χ3n) is 2.86. The number of anilines is 1. The lowest BCUT2D eigenvalue weighted by molar-refractivity contribution is 0.116. The van der Waals surface area contributed by atoms with Gasteiger partial charge in [-0.3, -0.25) is 0 Å². The van der Waals surface area contributed by atoms with E-state index in [1.807, 2.05) is 30.3 Å². The topological polar surface area (TPSA) is 32.3 Å². The molecule has 1 aromatic carbocycles. The van der Waals surface area contributed by atoms with E-state index in [0.717, 1.165) is 24.9 Å². The zero-order valence-corrected chi connectivity index (χ0v) is 8.32. The second kappa shape index (κ2) is 4.47. The van der Waals surface area contributed by atoms with Crippen LogP contribution < -0.4 is 5.32 Å². The molecule has 2 atom stereocenters. The Labute approximate surface area is 86.4 Å². The summed E-state index contributed by atoms with van der Waals surface area (Å²) in [5, 5.41) is 13.1. The number of hydrogen-bond donors (Lipinski definition) is 2. The Balaban J connectivity index is 0.00000112. The number of hydrogen-bond acceptors (Lipinski definition) is 2. The fraction of sp³-hybridized carbons (Fsp3) is 0.500. The number of aliphatic hydroxyl groups excluding tert-OH is 1. The van der Waals surface area contributed by atoms with Gasteiger partial charge in [0.05, 0.1) is 12.1 Å². The Morgan fingerprint density at radius 3 is 2.57 bits per heavy atom. The molecule has 0 bridgehead atoms. The molecule has 2 unspecified atom stereocenters. The van der Waals surface area contributed by atoms with E-state index >= 15 is 0 Å². The molecular weight excluding hydrogens is 174 g/mol. The molecule has 1 saturated carbocycles. The second-order valence-corrected chi connectivity index (χ2v) is 3.97. The van der Waals surface area contributed by atoms with Crippen LogP contribution in [-0.2, 0) is 0 Å². The SMILES string of the molecule is OC1CCCCC1Nc1ccccc1.[HH]. The first-order valence-corrected chi connectivity index (χ1v) is 5.36. The highest BCUT2D eigenvalue weighted by molar-refractivity contribution is 5.43. The zero-order chi connectivity index (χ0) is 9.80. The predicted molar refractivity (Wildman–Crippen MR) is 60.4 cm³/mol. The number of benzene rings is 1. The van der Waals surface area contributed by atoms with Crippen molar-refractivity contribution in [1.29, 1.82) is 0 Å². The average Bonchev–Trinajstić information content (AvgIpc) is 2.23. The van der Waals surface area contributed by atoms with E-state index in [4.69, 9.17) is 0 Å². The van der Waals surface area contributed by atoms with Gasteiger partial charge >= 0.3 is 0 Å². The van der Waals surface area contributed by atoms with E-state index in [9.17, 15) is 5.11 Å². The van der Waals surface area contributed by atoms with Crippen LogP contribution in [0.15, 0.2) is 30.3 Å². The fourth-order valence-electron chi connectivity index (χ4n) is 2.03. The zero-order valence-electron chi connectivity index (χ0n) is 8.32. The molecular formula is C12H19NO. The van der Waals surface area contributed by atoms with Crippen LogP contribution in [0.1, 0.15) is 27.1 Å². The molecule has 2 nitrogen and oxygen atoms in total. The summed E-state index contributed by atoms with van der Waals surface area (Å²) in [4.78, 5) is 0. The summed E-state index contributed by atoms with van der Waals surface area (Å²) in [7, 11) is 0. The van der Waals surface area contributed by atoms with Crippen LogP contribution in [0.2, 0.25) is 0 Å². The first kappa shape index (κ1) is 9.53.